The molecule has 0 saturated carbocycles. The smallest absolute Gasteiger partial charge is 0.338 e. The van der Waals surface area contributed by atoms with Gasteiger partial charge in [0.2, 0.25) is 6.10 Å². The molecule has 1 heterocycles. The molecule has 4 rings (SSSR count). The first-order valence-corrected chi connectivity index (χ1v) is 10.5. The van der Waals surface area contributed by atoms with Gasteiger partial charge in [-0.3, -0.25) is 9.69 Å². The van der Waals surface area contributed by atoms with Gasteiger partial charge in [0.25, 0.3) is 5.91 Å². The maximum absolute atomic E-state index is 13.3. The van der Waals surface area contributed by atoms with Crippen molar-refractivity contribution in [1.82, 2.24) is 0 Å². The van der Waals surface area contributed by atoms with Gasteiger partial charge >= 0.3 is 5.97 Å². The topological polar surface area (TPSA) is 65.1 Å². The predicted octanol–water partition coefficient (Wildman–Crippen LogP) is 4.72. The SMILES string of the molecule is CCOC(=O)c1ccc(N2C(=O)[C@@H](Oc3ccccc3C)[C@@H]2c2ccccc2OC)cc1. The molecule has 0 radical (unpaired) electrons. The summed E-state index contributed by atoms with van der Waals surface area (Å²) in [5, 5.41) is 0. The van der Waals surface area contributed by atoms with E-state index in [0.717, 1.165) is 11.1 Å². The Morgan fingerprint density at radius 3 is 2.25 bits per heavy atom. The van der Waals surface area contributed by atoms with Crippen molar-refractivity contribution in [2.24, 2.45) is 0 Å². The standard InChI is InChI=1S/C26H25NO5/c1-4-31-26(29)18-13-15-19(16-14-18)27-23(20-10-6-8-12-22(20)30-3)24(25(27)28)32-21-11-7-5-9-17(21)2/h5-16,23-24H,4H2,1-3H3/t23-,24-/m0/s1. The lowest BCUT2D eigenvalue weighted by Crippen LogP contribution is -2.61. The maximum atomic E-state index is 13.3. The number of nitrogens with zero attached hydrogens (tertiary/aromatic N) is 1. The van der Waals surface area contributed by atoms with E-state index in [1.165, 1.54) is 0 Å². The zero-order valence-corrected chi connectivity index (χ0v) is 18.3. The summed E-state index contributed by atoms with van der Waals surface area (Å²) < 4.78 is 16.8. The van der Waals surface area contributed by atoms with Gasteiger partial charge in [0.05, 0.1) is 19.3 Å². The molecule has 32 heavy (non-hydrogen) atoms. The van der Waals surface area contributed by atoms with Crippen molar-refractivity contribution in [3.8, 4) is 11.5 Å². The number of rotatable bonds is 7. The molecule has 0 unspecified atom stereocenters. The van der Waals surface area contributed by atoms with E-state index >= 15 is 0 Å². The highest BCUT2D eigenvalue weighted by Crippen LogP contribution is 2.44. The molecule has 1 aliphatic rings. The second-order valence-corrected chi connectivity index (χ2v) is 7.47. The number of β-lactam (4-membered cyclic amide) rings is 1. The minimum atomic E-state index is -0.697. The summed E-state index contributed by atoms with van der Waals surface area (Å²) >= 11 is 0. The van der Waals surface area contributed by atoms with Gasteiger partial charge in [0.1, 0.15) is 17.5 Å². The number of hydrogen-bond acceptors (Lipinski definition) is 5. The molecule has 1 aliphatic heterocycles. The Morgan fingerprint density at radius 2 is 1.59 bits per heavy atom. The van der Waals surface area contributed by atoms with E-state index < -0.39 is 12.1 Å². The molecule has 0 spiro atoms. The fourth-order valence-electron chi connectivity index (χ4n) is 3.88. The molecule has 3 aromatic rings. The number of anilines is 1. The van der Waals surface area contributed by atoms with Crippen LogP contribution in [0.2, 0.25) is 0 Å². The van der Waals surface area contributed by atoms with Crippen LogP contribution >= 0.6 is 0 Å². The van der Waals surface area contributed by atoms with Crippen molar-refractivity contribution in [3.63, 3.8) is 0 Å². The lowest BCUT2D eigenvalue weighted by molar-refractivity contribution is -0.135. The molecule has 164 valence electrons. The first-order valence-electron chi connectivity index (χ1n) is 10.5. The summed E-state index contributed by atoms with van der Waals surface area (Å²) in [5.41, 5.74) is 2.91. The van der Waals surface area contributed by atoms with Crippen LogP contribution in [0.25, 0.3) is 0 Å². The molecule has 3 aromatic carbocycles. The zero-order valence-electron chi connectivity index (χ0n) is 18.3. The molecule has 0 aliphatic carbocycles. The van der Waals surface area contributed by atoms with E-state index in [2.05, 4.69) is 0 Å². The molecule has 6 heteroatoms. The summed E-state index contributed by atoms with van der Waals surface area (Å²) in [6, 6.07) is 21.7. The number of carbonyl (C=O) groups is 2. The van der Waals surface area contributed by atoms with E-state index in [0.29, 0.717) is 29.4 Å². The maximum Gasteiger partial charge on any atom is 0.338 e. The van der Waals surface area contributed by atoms with Crippen LogP contribution in [-0.4, -0.2) is 31.7 Å². The van der Waals surface area contributed by atoms with Crippen LogP contribution in [0.15, 0.2) is 72.8 Å². The molecule has 1 fully saturated rings. The molecular weight excluding hydrogens is 406 g/mol. The summed E-state index contributed by atoms with van der Waals surface area (Å²) in [4.78, 5) is 26.9. The molecule has 0 aromatic heterocycles. The molecular formula is C26H25NO5. The summed E-state index contributed by atoms with van der Waals surface area (Å²) in [6.45, 7) is 4.01. The second-order valence-electron chi connectivity index (χ2n) is 7.47. The van der Waals surface area contributed by atoms with Gasteiger partial charge in [-0.1, -0.05) is 36.4 Å². The van der Waals surface area contributed by atoms with Crippen molar-refractivity contribution in [3.05, 3.63) is 89.5 Å². The summed E-state index contributed by atoms with van der Waals surface area (Å²) in [6.07, 6.45) is -0.697. The lowest BCUT2D eigenvalue weighted by atomic mass is 9.88. The van der Waals surface area contributed by atoms with Gasteiger partial charge in [0, 0.05) is 11.3 Å². The number of methoxy groups -OCH3 is 1. The van der Waals surface area contributed by atoms with Crippen molar-refractivity contribution < 1.29 is 23.8 Å². The third kappa shape index (κ3) is 3.91. The van der Waals surface area contributed by atoms with Crippen LogP contribution in [0.3, 0.4) is 0 Å². The highest BCUT2D eigenvalue weighted by molar-refractivity contribution is 6.06. The number of amides is 1. The fraction of sp³-hybridized carbons (Fsp3) is 0.231. The van der Waals surface area contributed by atoms with Crippen LogP contribution < -0.4 is 14.4 Å². The molecule has 1 amide bonds. The zero-order chi connectivity index (χ0) is 22.7. The van der Waals surface area contributed by atoms with Crippen LogP contribution in [0.4, 0.5) is 5.69 Å². The van der Waals surface area contributed by atoms with Gasteiger partial charge < -0.3 is 14.2 Å². The van der Waals surface area contributed by atoms with Crippen LogP contribution in [0.1, 0.15) is 34.5 Å². The van der Waals surface area contributed by atoms with E-state index in [1.54, 1.807) is 43.2 Å². The van der Waals surface area contributed by atoms with Crippen molar-refractivity contribution in [2.45, 2.75) is 26.0 Å². The highest BCUT2D eigenvalue weighted by Gasteiger charge is 2.52. The van der Waals surface area contributed by atoms with Gasteiger partial charge in [-0.25, -0.2) is 4.79 Å². The molecule has 6 nitrogen and oxygen atoms in total. The number of aryl methyl sites for hydroxylation is 1. The first-order chi connectivity index (χ1) is 15.5. The number of ether oxygens (including phenoxy) is 3. The average Bonchev–Trinajstić information content (AvgIpc) is 2.82. The highest BCUT2D eigenvalue weighted by atomic mass is 16.5. The van der Waals surface area contributed by atoms with Gasteiger partial charge in [-0.05, 0) is 55.8 Å². The van der Waals surface area contributed by atoms with Gasteiger partial charge in [0.15, 0.2) is 0 Å². The Morgan fingerprint density at radius 1 is 0.938 bits per heavy atom. The molecule has 0 bridgehead atoms. The second kappa shape index (κ2) is 9.14. The Kier molecular flexibility index (Phi) is 6.12. The van der Waals surface area contributed by atoms with Crippen molar-refractivity contribution in [1.29, 1.82) is 0 Å². The van der Waals surface area contributed by atoms with E-state index in [-0.39, 0.29) is 11.9 Å². The van der Waals surface area contributed by atoms with Crippen LogP contribution in [-0.2, 0) is 9.53 Å². The molecule has 1 saturated heterocycles. The van der Waals surface area contributed by atoms with E-state index in [4.69, 9.17) is 14.2 Å². The molecule has 0 N–H and O–H groups in total. The third-order valence-electron chi connectivity index (χ3n) is 5.51. The largest absolute Gasteiger partial charge is 0.496 e. The van der Waals surface area contributed by atoms with Gasteiger partial charge in [-0.15, -0.1) is 0 Å². The van der Waals surface area contributed by atoms with E-state index in [1.807, 2.05) is 55.5 Å². The quantitative estimate of drug-likeness (QED) is 0.400. The van der Waals surface area contributed by atoms with E-state index in [9.17, 15) is 9.59 Å². The number of carbonyl (C=O) groups excluding carboxylic acids is 2. The fourth-order valence-corrected chi connectivity index (χ4v) is 3.88. The van der Waals surface area contributed by atoms with Gasteiger partial charge in [-0.2, -0.15) is 0 Å². The van der Waals surface area contributed by atoms with Crippen molar-refractivity contribution >= 4 is 17.6 Å². The first kappa shape index (κ1) is 21.4. The van der Waals surface area contributed by atoms with Crippen LogP contribution in [0.5, 0.6) is 11.5 Å². The number of esters is 1. The van der Waals surface area contributed by atoms with Crippen LogP contribution in [0, 0.1) is 6.92 Å². The Labute approximate surface area is 187 Å². The average molecular weight is 431 g/mol. The normalized spacial score (nSPS) is 17.5. The summed E-state index contributed by atoms with van der Waals surface area (Å²) in [7, 11) is 1.61. The Bertz CT molecular complexity index is 1130. The third-order valence-corrected chi connectivity index (χ3v) is 5.51. The Balaban J connectivity index is 1.69. The number of hydrogen-bond donors (Lipinski definition) is 0. The number of para-hydroxylation sites is 2. The minimum absolute atomic E-state index is 0.159. The predicted molar refractivity (Wildman–Crippen MR) is 121 cm³/mol. The lowest BCUT2D eigenvalue weighted by Gasteiger charge is -2.47. The Hall–Kier alpha value is -3.80. The minimum Gasteiger partial charge on any atom is -0.496 e. The summed E-state index contributed by atoms with van der Waals surface area (Å²) in [5.74, 6) is 0.795. The molecule has 2 atom stereocenters. The monoisotopic (exact) mass is 431 g/mol. The number of benzene rings is 3. The van der Waals surface area contributed by atoms with Crippen molar-refractivity contribution in [2.75, 3.05) is 18.6 Å².